The normalized spacial score (nSPS) is 21.6. The molecule has 0 saturated heterocycles. The van der Waals surface area contributed by atoms with Crippen LogP contribution < -0.4 is 21.2 Å². The fraction of sp³-hybridized carbons (Fsp3) is 0.586. The maximum atomic E-state index is 3.21. The Labute approximate surface area is 375 Å². The molecule has 0 bridgehead atoms. The summed E-state index contributed by atoms with van der Waals surface area (Å²) in [5.74, 6) is 2.92. The summed E-state index contributed by atoms with van der Waals surface area (Å²) in [6, 6.07) is 42.3. The van der Waals surface area contributed by atoms with Crippen LogP contribution in [0.3, 0.4) is 0 Å². The van der Waals surface area contributed by atoms with Crippen LogP contribution in [0.4, 0.5) is 0 Å². The molecule has 9 rings (SSSR count). The van der Waals surface area contributed by atoms with Crippen LogP contribution in [0.1, 0.15) is 232 Å². The van der Waals surface area contributed by atoms with Gasteiger partial charge in [-0.05, 0) is 131 Å². The summed E-state index contributed by atoms with van der Waals surface area (Å²) >= 11 is 0. The highest BCUT2D eigenvalue weighted by atomic mass is 31.2. The number of hydrogen-bond donors (Lipinski definition) is 0. The highest BCUT2D eigenvalue weighted by Crippen LogP contribution is 2.58. The lowest BCUT2D eigenvalue weighted by Crippen LogP contribution is -2.39. The van der Waals surface area contributed by atoms with Gasteiger partial charge in [-0.15, -0.1) is 0 Å². The van der Waals surface area contributed by atoms with E-state index in [4.69, 9.17) is 0 Å². The van der Waals surface area contributed by atoms with Crippen LogP contribution in [0.15, 0.2) is 97.1 Å². The fourth-order valence-corrected chi connectivity index (χ4v) is 18.8. The summed E-state index contributed by atoms with van der Waals surface area (Å²) in [7, 11) is -1.56. The van der Waals surface area contributed by atoms with Crippen LogP contribution in [-0.4, -0.2) is 10.5 Å². The van der Waals surface area contributed by atoms with Crippen molar-refractivity contribution in [2.24, 2.45) is 0 Å². The minimum atomic E-state index is -0.778. The van der Waals surface area contributed by atoms with E-state index in [-0.39, 0.29) is 0 Å². The maximum absolute atomic E-state index is 3.21. The van der Waals surface area contributed by atoms with Crippen molar-refractivity contribution in [2.45, 2.75) is 216 Å². The van der Waals surface area contributed by atoms with Gasteiger partial charge in [0.15, 0.2) is 0 Å². The molecule has 4 aromatic rings. The summed E-state index contributed by atoms with van der Waals surface area (Å²) in [5.41, 5.74) is 6.39. The molecule has 1 nitrogen and oxygen atoms in total. The third kappa shape index (κ3) is 11.3. The zero-order valence-corrected chi connectivity index (χ0v) is 39.8. The molecule has 3 heteroatoms. The quantitative estimate of drug-likeness (QED) is 0.107. The van der Waals surface area contributed by atoms with Crippen molar-refractivity contribution in [1.82, 2.24) is 4.44 Å². The summed E-state index contributed by atoms with van der Waals surface area (Å²) < 4.78 is 3.21. The van der Waals surface area contributed by atoms with Crippen LogP contribution in [-0.2, 0) is 0 Å². The molecule has 0 aromatic heterocycles. The van der Waals surface area contributed by atoms with E-state index >= 15 is 0 Å². The second kappa shape index (κ2) is 22.5. The van der Waals surface area contributed by atoms with Gasteiger partial charge in [-0.2, -0.15) is 0 Å². The first kappa shape index (κ1) is 43.9. The lowest BCUT2D eigenvalue weighted by molar-refractivity contribution is 0.355. The van der Waals surface area contributed by atoms with Crippen LogP contribution >= 0.6 is 16.1 Å². The molecule has 61 heavy (non-hydrogen) atoms. The topological polar surface area (TPSA) is 3.24 Å². The molecule has 0 unspecified atom stereocenters. The van der Waals surface area contributed by atoms with E-state index in [1.807, 2.05) is 0 Å². The number of benzene rings is 4. The van der Waals surface area contributed by atoms with Gasteiger partial charge in [0.25, 0.3) is 0 Å². The molecule has 0 atom stereocenters. The van der Waals surface area contributed by atoms with Gasteiger partial charge >= 0.3 is 0 Å². The smallest absolute Gasteiger partial charge is 0.0325 e. The van der Waals surface area contributed by atoms with Crippen LogP contribution in [0.5, 0.6) is 0 Å². The van der Waals surface area contributed by atoms with Gasteiger partial charge in [0.1, 0.15) is 0 Å². The molecule has 4 aromatic carbocycles. The molecule has 5 aliphatic carbocycles. The number of rotatable bonds is 11. The van der Waals surface area contributed by atoms with Gasteiger partial charge in [-0.25, -0.2) is 4.44 Å². The second-order valence-electron chi connectivity index (χ2n) is 20.4. The Morgan fingerprint density at radius 1 is 0.246 bits per heavy atom. The van der Waals surface area contributed by atoms with Gasteiger partial charge in [0.05, 0.1) is 0 Å². The summed E-state index contributed by atoms with van der Waals surface area (Å²) in [6.07, 6.45) is 40.1. The molecular formula is C58H79NP2. The van der Waals surface area contributed by atoms with E-state index in [0.717, 1.165) is 23.7 Å². The average Bonchev–Trinajstić information content (AvgIpc) is 3.97. The van der Waals surface area contributed by atoms with Crippen molar-refractivity contribution < 1.29 is 0 Å². The van der Waals surface area contributed by atoms with E-state index in [2.05, 4.69) is 102 Å². The first-order valence-corrected chi connectivity index (χ1v) is 28.7. The van der Waals surface area contributed by atoms with Crippen molar-refractivity contribution >= 4 is 37.4 Å². The standard InChI is InChI=1S/C58H79NP2/c1-2-11-21-46(20-10-1)50-30-38-55(39-31-50)60(56-40-32-51(33-41-56)47-22-12-3-4-13-23-47)59(54-28-18-9-19-29-54)61(57-42-34-52(35-43-57)48-24-14-5-6-15-25-48)58-44-36-53(37-45-58)49-26-16-7-8-17-27-49/h30-49,54H,1-29H2. The molecule has 0 N–H and O–H groups in total. The van der Waals surface area contributed by atoms with Crippen LogP contribution in [0, 0.1) is 0 Å². The third-order valence-electron chi connectivity index (χ3n) is 16.2. The molecule has 0 radical (unpaired) electrons. The summed E-state index contributed by atoms with van der Waals surface area (Å²) in [6.45, 7) is 0. The Morgan fingerprint density at radius 3 is 0.672 bits per heavy atom. The van der Waals surface area contributed by atoms with Crippen molar-refractivity contribution in [3.8, 4) is 0 Å². The van der Waals surface area contributed by atoms with Crippen molar-refractivity contribution in [2.75, 3.05) is 0 Å². The largest absolute Gasteiger partial charge is 0.242 e. The predicted octanol–water partition coefficient (Wildman–Crippen LogP) is 16.5. The van der Waals surface area contributed by atoms with E-state index in [1.54, 1.807) is 43.5 Å². The lowest BCUT2D eigenvalue weighted by Gasteiger charge is -2.45. The minimum absolute atomic E-state index is 0.581. The highest BCUT2D eigenvalue weighted by molar-refractivity contribution is 7.84. The summed E-state index contributed by atoms with van der Waals surface area (Å²) in [4.78, 5) is 0. The molecule has 5 aliphatic rings. The van der Waals surface area contributed by atoms with Crippen LogP contribution in [0.2, 0.25) is 0 Å². The zero-order valence-electron chi connectivity index (χ0n) is 38.0. The van der Waals surface area contributed by atoms with Gasteiger partial charge < -0.3 is 0 Å². The van der Waals surface area contributed by atoms with Gasteiger partial charge in [0, 0.05) is 22.2 Å². The van der Waals surface area contributed by atoms with Gasteiger partial charge in [-0.3, -0.25) is 0 Å². The highest BCUT2D eigenvalue weighted by Gasteiger charge is 2.38. The van der Waals surface area contributed by atoms with Crippen molar-refractivity contribution in [3.63, 3.8) is 0 Å². The zero-order chi connectivity index (χ0) is 41.1. The van der Waals surface area contributed by atoms with E-state index in [9.17, 15) is 0 Å². The van der Waals surface area contributed by atoms with Gasteiger partial charge in [-0.1, -0.05) is 219 Å². The third-order valence-corrected chi connectivity index (χ3v) is 21.9. The molecule has 5 fully saturated rings. The van der Waals surface area contributed by atoms with Crippen molar-refractivity contribution in [1.29, 1.82) is 0 Å². The number of hydrogen-bond acceptors (Lipinski definition) is 1. The molecule has 5 saturated carbocycles. The second-order valence-corrected chi connectivity index (χ2v) is 24.8. The first-order chi connectivity index (χ1) is 30.3. The van der Waals surface area contributed by atoms with Crippen LogP contribution in [0.25, 0.3) is 0 Å². The summed E-state index contributed by atoms with van der Waals surface area (Å²) in [5, 5.41) is 6.27. The molecular weight excluding hydrogens is 773 g/mol. The Bertz CT molecular complexity index is 1590. The monoisotopic (exact) mass is 852 g/mol. The molecule has 0 aliphatic heterocycles. The van der Waals surface area contributed by atoms with Crippen molar-refractivity contribution in [3.05, 3.63) is 119 Å². The molecule has 326 valence electrons. The van der Waals surface area contributed by atoms with Gasteiger partial charge in [0.2, 0.25) is 0 Å². The lowest BCUT2D eigenvalue weighted by atomic mass is 9.92. The Kier molecular flexibility index (Phi) is 16.2. The molecule has 0 spiro atoms. The Morgan fingerprint density at radius 2 is 0.443 bits per heavy atom. The Hall–Kier alpha value is -2.30. The average molecular weight is 852 g/mol. The SMILES string of the molecule is c1cc(P(c2ccc(C3CCCCCC3)cc2)N(C2CCCCC2)P(c2ccc(C3CCCCCC3)cc2)c2ccc(C3CCCCCC3)cc2)ccc1C1CCCCCC1. The molecule has 0 heterocycles. The minimum Gasteiger partial charge on any atom is -0.242 e. The maximum Gasteiger partial charge on any atom is 0.0325 e. The number of nitrogens with zero attached hydrogens (tertiary/aromatic N) is 1. The molecule has 0 amide bonds. The van der Waals surface area contributed by atoms with E-state index in [0.29, 0.717) is 6.04 Å². The predicted molar refractivity (Wildman–Crippen MR) is 269 cm³/mol. The Balaban J connectivity index is 1.15. The first-order valence-electron chi connectivity index (χ1n) is 26.1. The van der Waals surface area contributed by atoms with E-state index < -0.39 is 16.1 Å². The fourth-order valence-electron chi connectivity index (χ4n) is 12.5. The van der Waals surface area contributed by atoms with E-state index in [1.165, 1.54) is 186 Å².